The van der Waals surface area contributed by atoms with Crippen LogP contribution in [0.4, 0.5) is 11.6 Å². The minimum absolute atomic E-state index is 0.145. The minimum atomic E-state index is 0.145. The van der Waals surface area contributed by atoms with E-state index in [0.29, 0.717) is 24.9 Å². The number of aryl methyl sites for hydroxylation is 1. The van der Waals surface area contributed by atoms with Crippen LogP contribution < -0.4 is 10.3 Å². The van der Waals surface area contributed by atoms with Gasteiger partial charge in [-0.1, -0.05) is 29.8 Å². The van der Waals surface area contributed by atoms with Crippen molar-refractivity contribution in [3.05, 3.63) is 53.2 Å². The molecule has 0 radical (unpaired) electrons. The second-order valence-corrected chi connectivity index (χ2v) is 9.00. The maximum Gasteiger partial charge on any atom is 0.219 e. The molecule has 9 nitrogen and oxygen atoms in total. The Morgan fingerprint density at radius 1 is 1.15 bits per heavy atom. The number of rotatable bonds is 5. The standard InChI is InChI=1S/C25H31N7O2/c1-18-4-3-5-20(14-18)17-26-28-23-16-25(31-10-12-34-13-11-31)32-24(27-23)15-22(29-32)21-6-8-30(9-7-21)19(2)33/h3-5,14-17,21H,6-13H2,1-2H3,(H,27,28). The van der Waals surface area contributed by atoms with E-state index in [1.165, 1.54) is 5.56 Å². The normalized spacial score (nSPS) is 17.6. The SMILES string of the molecule is CC(=O)N1CCC(c2cc3nc(NN=Cc4cccc(C)c4)cc(N4CCOCC4)n3n2)CC1. The quantitative estimate of drug-likeness (QED) is 0.464. The van der Waals surface area contributed by atoms with Crippen molar-refractivity contribution in [2.75, 3.05) is 49.7 Å². The summed E-state index contributed by atoms with van der Waals surface area (Å²) < 4.78 is 7.50. The fraction of sp³-hybridized carbons (Fsp3) is 0.440. The summed E-state index contributed by atoms with van der Waals surface area (Å²) in [6, 6.07) is 12.3. The van der Waals surface area contributed by atoms with Gasteiger partial charge in [0.25, 0.3) is 0 Å². The summed E-state index contributed by atoms with van der Waals surface area (Å²) in [7, 11) is 0. The van der Waals surface area contributed by atoms with Crippen LogP contribution in [0.2, 0.25) is 0 Å². The Bertz CT molecular complexity index is 1190. The average Bonchev–Trinajstić information content (AvgIpc) is 3.28. The van der Waals surface area contributed by atoms with Gasteiger partial charge in [0.2, 0.25) is 5.91 Å². The number of carbonyl (C=O) groups is 1. The first-order chi connectivity index (χ1) is 16.6. The fourth-order valence-electron chi connectivity index (χ4n) is 4.66. The summed E-state index contributed by atoms with van der Waals surface area (Å²) in [6.07, 6.45) is 3.64. The van der Waals surface area contributed by atoms with Gasteiger partial charge < -0.3 is 14.5 Å². The zero-order valence-electron chi connectivity index (χ0n) is 19.8. The van der Waals surface area contributed by atoms with Crippen molar-refractivity contribution in [2.45, 2.75) is 32.6 Å². The number of amides is 1. The van der Waals surface area contributed by atoms with Gasteiger partial charge in [-0.2, -0.15) is 14.7 Å². The highest BCUT2D eigenvalue weighted by Gasteiger charge is 2.25. The van der Waals surface area contributed by atoms with Crippen molar-refractivity contribution in [2.24, 2.45) is 5.10 Å². The number of carbonyl (C=O) groups excluding carboxylic acids is 1. The first-order valence-corrected chi connectivity index (χ1v) is 11.9. The molecule has 0 unspecified atom stereocenters. The predicted octanol–water partition coefficient (Wildman–Crippen LogP) is 3.05. The molecule has 1 N–H and O–H groups in total. The largest absolute Gasteiger partial charge is 0.378 e. The zero-order valence-corrected chi connectivity index (χ0v) is 19.8. The molecule has 9 heteroatoms. The molecule has 0 saturated carbocycles. The summed E-state index contributed by atoms with van der Waals surface area (Å²) in [5, 5.41) is 9.38. The highest BCUT2D eigenvalue weighted by Crippen LogP contribution is 2.30. The lowest BCUT2D eigenvalue weighted by atomic mass is 9.94. The van der Waals surface area contributed by atoms with Gasteiger partial charge in [-0.05, 0) is 25.3 Å². The highest BCUT2D eigenvalue weighted by atomic mass is 16.5. The first kappa shape index (κ1) is 22.3. The number of likely N-dealkylation sites (tertiary alicyclic amines) is 1. The van der Waals surface area contributed by atoms with Crippen LogP contribution in [-0.2, 0) is 9.53 Å². The van der Waals surface area contributed by atoms with Gasteiger partial charge in [-0.3, -0.25) is 10.2 Å². The molecule has 0 spiro atoms. The van der Waals surface area contributed by atoms with Gasteiger partial charge in [0.1, 0.15) is 5.82 Å². The molecule has 3 aromatic rings. The zero-order chi connectivity index (χ0) is 23.5. The van der Waals surface area contributed by atoms with E-state index in [1.807, 2.05) is 27.6 Å². The van der Waals surface area contributed by atoms with Crippen LogP contribution in [0.5, 0.6) is 0 Å². The third-order valence-electron chi connectivity index (χ3n) is 6.56. The Hall–Kier alpha value is -3.46. The van der Waals surface area contributed by atoms with Gasteiger partial charge in [0.05, 0.1) is 25.1 Å². The smallest absolute Gasteiger partial charge is 0.219 e. The number of nitrogens with one attached hydrogen (secondary N) is 1. The van der Waals surface area contributed by atoms with Crippen molar-refractivity contribution < 1.29 is 9.53 Å². The fourth-order valence-corrected chi connectivity index (χ4v) is 4.66. The molecule has 4 heterocycles. The molecule has 0 atom stereocenters. The van der Waals surface area contributed by atoms with Crippen molar-refractivity contribution in [1.29, 1.82) is 0 Å². The predicted molar refractivity (Wildman–Crippen MR) is 133 cm³/mol. The lowest BCUT2D eigenvalue weighted by Crippen LogP contribution is -2.37. The Labute approximate surface area is 199 Å². The third-order valence-corrected chi connectivity index (χ3v) is 6.56. The number of anilines is 2. The molecule has 178 valence electrons. The van der Waals surface area contributed by atoms with Crippen LogP contribution in [0.1, 0.15) is 42.5 Å². The first-order valence-electron chi connectivity index (χ1n) is 11.9. The summed E-state index contributed by atoms with van der Waals surface area (Å²) in [6.45, 7) is 8.24. The van der Waals surface area contributed by atoms with Gasteiger partial charge in [0, 0.05) is 51.2 Å². The Kier molecular flexibility index (Phi) is 6.44. The maximum atomic E-state index is 11.7. The van der Waals surface area contributed by atoms with Crippen LogP contribution >= 0.6 is 0 Å². The van der Waals surface area contributed by atoms with E-state index in [4.69, 9.17) is 14.8 Å². The van der Waals surface area contributed by atoms with E-state index in [1.54, 1.807) is 13.1 Å². The number of hydrogen-bond donors (Lipinski definition) is 1. The maximum absolute atomic E-state index is 11.7. The lowest BCUT2D eigenvalue weighted by molar-refractivity contribution is -0.129. The summed E-state index contributed by atoms with van der Waals surface area (Å²) in [5.41, 5.74) is 7.16. The van der Waals surface area contributed by atoms with Crippen LogP contribution in [-0.4, -0.2) is 71.0 Å². The lowest BCUT2D eigenvalue weighted by Gasteiger charge is -2.30. The topological polar surface area (TPSA) is 87.4 Å². The molecule has 2 saturated heterocycles. The number of fused-ring (bicyclic) bond motifs is 1. The van der Waals surface area contributed by atoms with E-state index in [9.17, 15) is 4.79 Å². The van der Waals surface area contributed by atoms with Crippen molar-refractivity contribution in [3.8, 4) is 0 Å². The minimum Gasteiger partial charge on any atom is -0.378 e. The monoisotopic (exact) mass is 461 g/mol. The van der Waals surface area contributed by atoms with E-state index in [0.717, 1.165) is 61.7 Å². The van der Waals surface area contributed by atoms with E-state index in [2.05, 4.69) is 40.5 Å². The van der Waals surface area contributed by atoms with Crippen molar-refractivity contribution in [3.63, 3.8) is 0 Å². The van der Waals surface area contributed by atoms with Crippen molar-refractivity contribution >= 4 is 29.4 Å². The number of piperidine rings is 1. The van der Waals surface area contributed by atoms with Crippen LogP contribution in [0.15, 0.2) is 41.5 Å². The summed E-state index contributed by atoms with van der Waals surface area (Å²) in [5.74, 6) is 2.13. The molecule has 5 rings (SSSR count). The summed E-state index contributed by atoms with van der Waals surface area (Å²) >= 11 is 0. The molecule has 1 amide bonds. The molecule has 0 bridgehead atoms. The molecule has 0 aliphatic carbocycles. The average molecular weight is 462 g/mol. The third kappa shape index (κ3) is 4.89. The summed E-state index contributed by atoms with van der Waals surface area (Å²) in [4.78, 5) is 20.7. The van der Waals surface area contributed by atoms with E-state index in [-0.39, 0.29) is 5.91 Å². The van der Waals surface area contributed by atoms with Gasteiger partial charge in [0.15, 0.2) is 11.5 Å². The Morgan fingerprint density at radius 3 is 2.68 bits per heavy atom. The second kappa shape index (κ2) is 9.80. The number of ether oxygens (including phenoxy) is 1. The van der Waals surface area contributed by atoms with Gasteiger partial charge in [-0.25, -0.2) is 4.98 Å². The molecule has 2 aromatic heterocycles. The second-order valence-electron chi connectivity index (χ2n) is 9.00. The number of benzene rings is 1. The molecule has 1 aromatic carbocycles. The highest BCUT2D eigenvalue weighted by molar-refractivity contribution is 5.80. The van der Waals surface area contributed by atoms with Crippen LogP contribution in [0, 0.1) is 6.92 Å². The van der Waals surface area contributed by atoms with Gasteiger partial charge in [-0.15, -0.1) is 0 Å². The molecule has 2 fully saturated rings. The van der Waals surface area contributed by atoms with Crippen LogP contribution in [0.25, 0.3) is 5.65 Å². The van der Waals surface area contributed by atoms with Crippen molar-refractivity contribution in [1.82, 2.24) is 19.5 Å². The van der Waals surface area contributed by atoms with Crippen LogP contribution in [0.3, 0.4) is 0 Å². The number of nitrogens with zero attached hydrogens (tertiary/aromatic N) is 6. The number of aromatic nitrogens is 3. The van der Waals surface area contributed by atoms with E-state index >= 15 is 0 Å². The van der Waals surface area contributed by atoms with Gasteiger partial charge >= 0.3 is 0 Å². The molecule has 2 aliphatic heterocycles. The molecule has 34 heavy (non-hydrogen) atoms. The Morgan fingerprint density at radius 2 is 1.94 bits per heavy atom. The number of morpholine rings is 1. The molecular formula is C25H31N7O2. The molecular weight excluding hydrogens is 430 g/mol. The molecule has 2 aliphatic rings. The number of hydrazone groups is 1. The van der Waals surface area contributed by atoms with E-state index < -0.39 is 0 Å². The Balaban J connectivity index is 1.42. The number of hydrogen-bond acceptors (Lipinski definition) is 7.